The van der Waals surface area contributed by atoms with E-state index in [1.54, 1.807) is 16.9 Å². The quantitative estimate of drug-likeness (QED) is 0.275. The maximum absolute atomic E-state index is 14.7. The average molecular weight is 822 g/mol. The number of carbonyl (C=O) groups is 5. The molecule has 3 aliphatic heterocycles. The number of amides is 4. The lowest BCUT2D eigenvalue weighted by atomic mass is 9.92. The van der Waals surface area contributed by atoms with E-state index in [2.05, 4.69) is 15.0 Å². The van der Waals surface area contributed by atoms with Gasteiger partial charge in [-0.25, -0.2) is 13.4 Å². The highest BCUT2D eigenvalue weighted by molar-refractivity contribution is 7.91. The van der Waals surface area contributed by atoms with Crippen LogP contribution in [0, 0.1) is 23.7 Å². The fourth-order valence-electron chi connectivity index (χ4n) is 9.23. The molecule has 16 heteroatoms. The molecular weight excluding hydrogens is 771 g/mol. The summed E-state index contributed by atoms with van der Waals surface area (Å²) in [6, 6.07) is 6.36. The van der Waals surface area contributed by atoms with Gasteiger partial charge in [-0.15, -0.1) is 11.3 Å². The summed E-state index contributed by atoms with van der Waals surface area (Å²) >= 11 is 1.23. The lowest BCUT2D eigenvalue weighted by Gasteiger charge is -2.32. The number of thiazole rings is 1. The van der Waals surface area contributed by atoms with E-state index in [0.29, 0.717) is 48.6 Å². The molecule has 3 aliphatic carbocycles. The van der Waals surface area contributed by atoms with Crippen molar-refractivity contribution in [1.29, 1.82) is 0 Å². The van der Waals surface area contributed by atoms with Gasteiger partial charge in [0.25, 0.3) is 11.8 Å². The van der Waals surface area contributed by atoms with Crippen LogP contribution in [0.1, 0.15) is 93.3 Å². The molecule has 0 spiro atoms. The number of methoxy groups -OCH3 is 1. The third-order valence-electron chi connectivity index (χ3n) is 12.7. The molecule has 4 amide bonds. The van der Waals surface area contributed by atoms with E-state index < -0.39 is 62.4 Å². The second-order valence-electron chi connectivity index (χ2n) is 16.6. The lowest BCUT2D eigenvalue weighted by Crippen LogP contribution is -2.58. The molecule has 4 heterocycles. The normalized spacial score (nSPS) is 29.9. The Morgan fingerprint density at radius 3 is 2.58 bits per heavy atom. The molecule has 6 atom stereocenters. The van der Waals surface area contributed by atoms with Crippen molar-refractivity contribution in [3.63, 3.8) is 0 Å². The number of allylic oxidation sites excluding steroid dienone is 1. The Kier molecular flexibility index (Phi) is 11.2. The highest BCUT2D eigenvalue weighted by Gasteiger charge is 2.63. The van der Waals surface area contributed by atoms with Gasteiger partial charge in [-0.05, 0) is 76.3 Å². The highest BCUT2D eigenvalue weighted by atomic mass is 32.2. The molecule has 2 saturated heterocycles. The molecule has 14 nitrogen and oxygen atoms in total. The van der Waals surface area contributed by atoms with Crippen LogP contribution in [0.2, 0.25) is 0 Å². The molecule has 6 aliphatic rings. The highest BCUT2D eigenvalue weighted by Crippen LogP contribution is 2.47. The zero-order valence-electron chi connectivity index (χ0n) is 32.2. The molecule has 0 radical (unpaired) electrons. The van der Waals surface area contributed by atoms with E-state index in [0.717, 1.165) is 44.1 Å². The van der Waals surface area contributed by atoms with Crippen LogP contribution in [0.3, 0.4) is 0 Å². The molecule has 0 unspecified atom stereocenters. The van der Waals surface area contributed by atoms with Gasteiger partial charge in [-0.2, -0.15) is 0 Å². The smallest absolute Gasteiger partial charge is 0.306 e. The molecule has 5 fully saturated rings. The third-order valence-corrected chi connectivity index (χ3v) is 15.3. The number of esters is 1. The summed E-state index contributed by atoms with van der Waals surface area (Å²) in [5.74, 6) is -3.55. The number of sulfonamides is 1. The molecule has 0 bridgehead atoms. The summed E-state index contributed by atoms with van der Waals surface area (Å²) in [4.78, 5) is 78.4. The predicted molar refractivity (Wildman–Crippen MR) is 210 cm³/mol. The van der Waals surface area contributed by atoms with Crippen LogP contribution < -0.4 is 14.8 Å². The van der Waals surface area contributed by atoms with Gasteiger partial charge in [0.15, 0.2) is 5.01 Å². The number of ether oxygens (including phenoxy) is 2. The van der Waals surface area contributed by atoms with Crippen LogP contribution in [0.15, 0.2) is 41.8 Å². The number of hydrogen-bond acceptors (Lipinski definition) is 11. The predicted octanol–water partition coefficient (Wildman–Crippen LogP) is 4.21. The van der Waals surface area contributed by atoms with Crippen molar-refractivity contribution in [2.24, 2.45) is 23.7 Å². The molecule has 1 aromatic heterocycles. The number of fused-ring (bicyclic) bond motifs is 4. The Bertz CT molecular complexity index is 2040. The fraction of sp³-hybridized carbons (Fsp3) is 0.610. The van der Waals surface area contributed by atoms with E-state index in [-0.39, 0.29) is 56.3 Å². The topological polar surface area (TPSA) is 181 Å². The van der Waals surface area contributed by atoms with Gasteiger partial charge in [0.05, 0.1) is 24.5 Å². The van der Waals surface area contributed by atoms with Gasteiger partial charge in [-0.1, -0.05) is 37.1 Å². The Morgan fingerprint density at radius 2 is 1.81 bits per heavy atom. The van der Waals surface area contributed by atoms with Crippen LogP contribution >= 0.6 is 11.3 Å². The summed E-state index contributed by atoms with van der Waals surface area (Å²) in [5.41, 5.74) is -0.0575. The number of benzene rings is 1. The van der Waals surface area contributed by atoms with Crippen molar-refractivity contribution in [2.75, 3.05) is 26.7 Å². The standard InChI is InChI=1S/C41H51N5O9S2/c1-54-30-15-9-11-25(18-30)33-24-56-37(42-33)39(50)45-21-27-22-46-35(32(27)23-45)36(48)43-41(40(51)44-57(52,53)31-16-17-31)20-28(41)12-6-4-2-3-5-10-26(38(46)49)19-34(47)55-29-13-7-8-14-29/h6,9,11-12,15,18,24,26-29,31-32,35H,2-5,7-8,10,13-14,16-17,19-23H2,1H3,(H,43,48)(H,44,51)/b12-6-/t26-,27+,28-,32+,35+,41-/m1/s1. The SMILES string of the molecule is COc1cccc(-c2csc(C(=O)N3C[C@H]4CN5C(=O)[C@@H](CC(=O)OC6CCCC6)CCCCC/C=C\[C@@H]6C[C@@]6(C(=O)NS(=O)(=O)C6CC6)NC(=O)[C@@H]5[C@H]4C3)n2)c1. The number of nitrogens with one attached hydrogen (secondary N) is 2. The first-order valence-electron chi connectivity index (χ1n) is 20.4. The molecule has 8 rings (SSSR count). The lowest BCUT2D eigenvalue weighted by molar-refractivity contribution is -0.154. The Balaban J connectivity index is 1.06. The molecular formula is C41H51N5O9S2. The number of rotatable bonds is 9. The van der Waals surface area contributed by atoms with E-state index >= 15 is 0 Å². The number of carbonyl (C=O) groups excluding carboxylic acids is 5. The fourth-order valence-corrected chi connectivity index (χ4v) is 11.4. The second kappa shape index (κ2) is 16.1. The molecule has 1 aromatic carbocycles. The maximum atomic E-state index is 14.7. The Morgan fingerprint density at radius 1 is 1.02 bits per heavy atom. The van der Waals surface area contributed by atoms with Gasteiger partial charge in [0.1, 0.15) is 23.4 Å². The van der Waals surface area contributed by atoms with E-state index in [9.17, 15) is 32.4 Å². The van der Waals surface area contributed by atoms with Crippen molar-refractivity contribution < 1.29 is 41.9 Å². The van der Waals surface area contributed by atoms with E-state index in [1.807, 2.05) is 41.8 Å². The van der Waals surface area contributed by atoms with Crippen molar-refractivity contribution in [3.8, 4) is 17.0 Å². The molecule has 3 saturated carbocycles. The Hall–Kier alpha value is -4.31. The minimum Gasteiger partial charge on any atom is -0.497 e. The van der Waals surface area contributed by atoms with E-state index in [4.69, 9.17) is 9.47 Å². The maximum Gasteiger partial charge on any atom is 0.306 e. The first kappa shape index (κ1) is 39.5. The van der Waals surface area contributed by atoms with Crippen molar-refractivity contribution >= 4 is 51.0 Å². The largest absolute Gasteiger partial charge is 0.497 e. The van der Waals surface area contributed by atoms with Crippen molar-refractivity contribution in [3.05, 3.63) is 46.8 Å². The molecule has 306 valence electrons. The van der Waals surface area contributed by atoms with Crippen molar-refractivity contribution in [1.82, 2.24) is 24.8 Å². The van der Waals surface area contributed by atoms with Gasteiger partial charge < -0.3 is 24.6 Å². The van der Waals surface area contributed by atoms with Crippen LogP contribution in [-0.2, 0) is 33.9 Å². The molecule has 57 heavy (non-hydrogen) atoms. The van der Waals surface area contributed by atoms with Gasteiger partial charge in [0, 0.05) is 54.2 Å². The van der Waals surface area contributed by atoms with Crippen LogP contribution in [0.25, 0.3) is 11.3 Å². The van der Waals surface area contributed by atoms with E-state index in [1.165, 1.54) is 11.3 Å². The minimum absolute atomic E-state index is 0.0901. The summed E-state index contributed by atoms with van der Waals surface area (Å²) in [6.07, 6.45) is 12.0. The summed E-state index contributed by atoms with van der Waals surface area (Å²) < 4.78 is 39.2. The number of hydrogen-bond donors (Lipinski definition) is 2. The van der Waals surface area contributed by atoms with Crippen LogP contribution in [0.5, 0.6) is 5.75 Å². The van der Waals surface area contributed by atoms with Gasteiger partial charge >= 0.3 is 5.97 Å². The first-order chi connectivity index (χ1) is 27.5. The summed E-state index contributed by atoms with van der Waals surface area (Å²) in [6.45, 7) is 0.646. The van der Waals surface area contributed by atoms with Crippen molar-refractivity contribution in [2.45, 2.75) is 106 Å². The molecule has 2 N–H and O–H groups in total. The average Bonchev–Trinajstić information content (AvgIpc) is 3.85. The van der Waals surface area contributed by atoms with Crippen LogP contribution in [0.4, 0.5) is 0 Å². The summed E-state index contributed by atoms with van der Waals surface area (Å²) in [5, 5.41) is 4.45. The number of likely N-dealkylation sites (tertiary alicyclic amines) is 1. The van der Waals surface area contributed by atoms with Crippen LogP contribution in [-0.4, -0.2) is 102 Å². The third kappa shape index (κ3) is 8.34. The number of nitrogens with zero attached hydrogens (tertiary/aromatic N) is 3. The summed E-state index contributed by atoms with van der Waals surface area (Å²) in [7, 11) is -2.32. The first-order valence-corrected chi connectivity index (χ1v) is 22.8. The Labute approximate surface area is 337 Å². The zero-order chi connectivity index (χ0) is 39.9. The number of aromatic nitrogens is 1. The van der Waals surface area contributed by atoms with Gasteiger partial charge in [-0.3, -0.25) is 28.7 Å². The van der Waals surface area contributed by atoms with Gasteiger partial charge in [0.2, 0.25) is 21.8 Å². The minimum atomic E-state index is -3.90. The molecule has 2 aromatic rings. The zero-order valence-corrected chi connectivity index (χ0v) is 33.9. The second-order valence-corrected chi connectivity index (χ2v) is 19.5. The monoisotopic (exact) mass is 821 g/mol.